The van der Waals surface area contributed by atoms with Crippen LogP contribution in [0.25, 0.3) is 0 Å². The number of aliphatic hydroxyl groups excluding tert-OH is 1. The summed E-state index contributed by atoms with van der Waals surface area (Å²) < 4.78 is 0. The highest BCUT2D eigenvalue weighted by Crippen LogP contribution is 2.12. The number of unbranched alkanes of at least 4 members (excludes halogenated alkanes) is 2. The number of rotatable bonds is 11. The second-order valence-corrected chi connectivity index (χ2v) is 5.89. The van der Waals surface area contributed by atoms with Gasteiger partial charge in [-0.25, -0.2) is 0 Å². The average Bonchev–Trinajstić information content (AvgIpc) is 2.56. The van der Waals surface area contributed by atoms with E-state index in [1.165, 1.54) is 0 Å². The maximum absolute atomic E-state index is 10.4. The second-order valence-electron chi connectivity index (χ2n) is 5.89. The normalized spacial score (nSPS) is 11.6. The summed E-state index contributed by atoms with van der Waals surface area (Å²) in [4.78, 5) is 20.9. The van der Waals surface area contributed by atoms with Crippen molar-refractivity contribution in [2.45, 2.75) is 92.4 Å². The van der Waals surface area contributed by atoms with Crippen LogP contribution in [0.5, 0.6) is 0 Å². The lowest BCUT2D eigenvalue weighted by Gasteiger charge is -2.06. The lowest BCUT2D eigenvalue weighted by molar-refractivity contribution is -0.143. The first kappa shape index (κ1) is 32.1. The first-order valence-electron chi connectivity index (χ1n) is 9.42. The van der Waals surface area contributed by atoms with Crippen LogP contribution in [0, 0.1) is 11.8 Å². The Hall–Kier alpha value is -0.568. The Labute approximate surface area is 165 Å². The highest BCUT2D eigenvalue weighted by atomic mass is 27.0. The van der Waals surface area contributed by atoms with E-state index in [9.17, 15) is 9.59 Å². The number of hydrogen-bond acceptors (Lipinski definition) is 3. The fourth-order valence-corrected chi connectivity index (χ4v) is 1.91. The van der Waals surface area contributed by atoms with E-state index in [1.54, 1.807) is 0 Å². The van der Waals surface area contributed by atoms with Gasteiger partial charge in [0.2, 0.25) is 0 Å². The van der Waals surface area contributed by atoms with Gasteiger partial charge >= 0.3 is 11.9 Å². The Balaban J connectivity index is -0.000000141. The molecule has 0 aromatic rings. The molecule has 3 radical (unpaired) electrons. The molecule has 0 aliphatic carbocycles. The van der Waals surface area contributed by atoms with E-state index in [2.05, 4.69) is 13.8 Å². The molecule has 0 saturated carbocycles. The van der Waals surface area contributed by atoms with E-state index in [-0.39, 0.29) is 29.2 Å². The first-order chi connectivity index (χ1) is 11.4. The van der Waals surface area contributed by atoms with Crippen LogP contribution in [0.2, 0.25) is 0 Å². The highest BCUT2D eigenvalue weighted by Gasteiger charge is 2.13. The molecule has 6 heteroatoms. The maximum atomic E-state index is 10.4. The smallest absolute Gasteiger partial charge is 0.306 e. The van der Waals surface area contributed by atoms with Crippen LogP contribution >= 0.6 is 0 Å². The minimum Gasteiger partial charge on any atom is -0.481 e. The van der Waals surface area contributed by atoms with Crippen LogP contribution in [0.4, 0.5) is 0 Å². The summed E-state index contributed by atoms with van der Waals surface area (Å²) in [5.41, 5.74) is 0. The SMILES string of the molecule is CCCCC(CC)C(=O)O.CCCCC(CC)C(=O)O.CCCO.[Al]. The van der Waals surface area contributed by atoms with E-state index < -0.39 is 11.9 Å². The van der Waals surface area contributed by atoms with Gasteiger partial charge in [-0.05, 0) is 32.1 Å². The fraction of sp³-hybridized carbons (Fsp3) is 0.895. The molecule has 0 aliphatic rings. The van der Waals surface area contributed by atoms with Crippen molar-refractivity contribution in [3.8, 4) is 0 Å². The number of aliphatic hydroxyl groups is 1. The van der Waals surface area contributed by atoms with Gasteiger partial charge in [-0.3, -0.25) is 9.59 Å². The molecule has 0 saturated heterocycles. The monoisotopic (exact) mass is 375 g/mol. The van der Waals surface area contributed by atoms with Gasteiger partial charge in [0.05, 0.1) is 11.8 Å². The van der Waals surface area contributed by atoms with Crippen molar-refractivity contribution in [2.75, 3.05) is 6.61 Å². The molecule has 3 N–H and O–H groups in total. The van der Waals surface area contributed by atoms with E-state index in [0.29, 0.717) is 6.61 Å². The molecule has 5 nitrogen and oxygen atoms in total. The molecule has 0 rings (SSSR count). The zero-order chi connectivity index (χ0) is 19.4. The number of carbonyl (C=O) groups is 2. The Morgan fingerprint density at radius 3 is 1.12 bits per heavy atom. The van der Waals surface area contributed by atoms with Crippen molar-refractivity contribution >= 4 is 29.3 Å². The maximum Gasteiger partial charge on any atom is 0.306 e. The van der Waals surface area contributed by atoms with Crippen molar-refractivity contribution in [1.29, 1.82) is 0 Å². The molecule has 2 atom stereocenters. The van der Waals surface area contributed by atoms with Crippen molar-refractivity contribution in [1.82, 2.24) is 0 Å². The summed E-state index contributed by atoms with van der Waals surface area (Å²) in [7, 11) is 0. The molecule has 0 amide bonds. The minimum absolute atomic E-state index is 0. The van der Waals surface area contributed by atoms with Crippen LogP contribution in [0.3, 0.4) is 0 Å². The van der Waals surface area contributed by atoms with Crippen molar-refractivity contribution in [2.24, 2.45) is 11.8 Å². The average molecular weight is 376 g/mol. The molecule has 0 heterocycles. The predicted molar refractivity (Wildman–Crippen MR) is 105 cm³/mol. The van der Waals surface area contributed by atoms with Crippen LogP contribution < -0.4 is 0 Å². The summed E-state index contributed by atoms with van der Waals surface area (Å²) in [5, 5.41) is 25.1. The van der Waals surface area contributed by atoms with Gasteiger partial charge < -0.3 is 15.3 Å². The standard InChI is InChI=1S/2C8H16O2.C3H8O.Al/c2*1-3-5-6-7(4-2)8(9)10;1-2-3-4;/h2*7H,3-6H2,1-2H3,(H,9,10);4H,2-3H2,1H3;. The molecule has 0 aromatic carbocycles. The molecule has 0 spiro atoms. The lowest BCUT2D eigenvalue weighted by Crippen LogP contribution is -2.11. The van der Waals surface area contributed by atoms with Crippen LogP contribution in [0.15, 0.2) is 0 Å². The van der Waals surface area contributed by atoms with Gasteiger partial charge in [0.1, 0.15) is 0 Å². The summed E-state index contributed by atoms with van der Waals surface area (Å²) in [6.07, 6.45) is 8.30. The summed E-state index contributed by atoms with van der Waals surface area (Å²) in [6, 6.07) is 0. The number of aliphatic carboxylic acids is 2. The van der Waals surface area contributed by atoms with E-state index >= 15 is 0 Å². The Morgan fingerprint density at radius 1 is 0.720 bits per heavy atom. The van der Waals surface area contributed by atoms with Gasteiger partial charge in [-0.2, -0.15) is 0 Å². The van der Waals surface area contributed by atoms with Gasteiger partial charge in [0.15, 0.2) is 0 Å². The van der Waals surface area contributed by atoms with Crippen molar-refractivity contribution in [3.63, 3.8) is 0 Å². The molecule has 25 heavy (non-hydrogen) atoms. The van der Waals surface area contributed by atoms with Gasteiger partial charge in [0, 0.05) is 24.0 Å². The summed E-state index contributed by atoms with van der Waals surface area (Å²) in [5.74, 6) is -1.51. The molecule has 0 fully saturated rings. The number of hydrogen-bond donors (Lipinski definition) is 3. The number of carboxylic acids is 2. The summed E-state index contributed by atoms with van der Waals surface area (Å²) in [6.45, 7) is 10.3. The van der Waals surface area contributed by atoms with E-state index in [1.807, 2.05) is 20.8 Å². The molecular weight excluding hydrogens is 335 g/mol. The highest BCUT2D eigenvalue weighted by molar-refractivity contribution is 5.75. The Morgan fingerprint density at radius 2 is 1.00 bits per heavy atom. The third-order valence-corrected chi connectivity index (χ3v) is 3.72. The largest absolute Gasteiger partial charge is 0.481 e. The van der Waals surface area contributed by atoms with Crippen LogP contribution in [-0.2, 0) is 9.59 Å². The van der Waals surface area contributed by atoms with Gasteiger partial charge in [-0.1, -0.05) is 60.3 Å². The Kier molecular flexibility index (Phi) is 33.0. The van der Waals surface area contributed by atoms with E-state index in [0.717, 1.165) is 57.8 Å². The molecule has 0 aromatic heterocycles. The van der Waals surface area contributed by atoms with Crippen molar-refractivity contribution in [3.05, 3.63) is 0 Å². The zero-order valence-corrected chi connectivity index (χ0v) is 18.1. The van der Waals surface area contributed by atoms with Gasteiger partial charge in [0.25, 0.3) is 0 Å². The van der Waals surface area contributed by atoms with Gasteiger partial charge in [-0.15, -0.1) is 0 Å². The Bertz CT molecular complexity index is 257. The van der Waals surface area contributed by atoms with Crippen LogP contribution in [-0.4, -0.2) is 51.2 Å². The first-order valence-corrected chi connectivity index (χ1v) is 9.42. The summed E-state index contributed by atoms with van der Waals surface area (Å²) >= 11 is 0. The zero-order valence-electron chi connectivity index (χ0n) is 17.0. The molecule has 149 valence electrons. The molecule has 0 aliphatic heterocycles. The predicted octanol–water partition coefficient (Wildman–Crippen LogP) is 4.58. The van der Waals surface area contributed by atoms with Crippen molar-refractivity contribution < 1.29 is 24.9 Å². The fourth-order valence-electron chi connectivity index (χ4n) is 1.91. The van der Waals surface area contributed by atoms with Crippen LogP contribution in [0.1, 0.15) is 92.4 Å². The minimum atomic E-state index is -0.643. The van der Waals surface area contributed by atoms with E-state index in [4.69, 9.17) is 15.3 Å². The second kappa shape index (κ2) is 25.7. The third kappa shape index (κ3) is 25.8. The lowest BCUT2D eigenvalue weighted by atomic mass is 10.00. The topological polar surface area (TPSA) is 94.8 Å². The molecule has 2 unspecified atom stereocenters. The molecule has 0 bridgehead atoms. The quantitative estimate of drug-likeness (QED) is 0.459. The third-order valence-electron chi connectivity index (χ3n) is 3.72. The molecular formula is C19H40AlO5. The number of carboxylic acid groups (broad SMARTS) is 2.